The third kappa shape index (κ3) is 5.58. The second-order valence-corrected chi connectivity index (χ2v) is 16.8. The summed E-state index contributed by atoms with van der Waals surface area (Å²) in [7, 11) is 0.0318. The van der Waals surface area contributed by atoms with Crippen molar-refractivity contribution in [2.45, 2.75) is 85.7 Å². The van der Waals surface area contributed by atoms with Gasteiger partial charge in [-0.3, -0.25) is 4.68 Å². The number of hydrogen-bond donors (Lipinski definition) is 0. The van der Waals surface area contributed by atoms with Crippen LogP contribution in [0.1, 0.15) is 68.5 Å². The van der Waals surface area contributed by atoms with Crippen LogP contribution < -0.4 is 0 Å². The zero-order valence-electron chi connectivity index (χ0n) is 25.9. The van der Waals surface area contributed by atoms with Gasteiger partial charge in [0.25, 0.3) is 0 Å². The van der Waals surface area contributed by atoms with Crippen molar-refractivity contribution in [1.29, 1.82) is 0 Å². The van der Waals surface area contributed by atoms with Crippen LogP contribution in [0.15, 0.2) is 30.4 Å². The van der Waals surface area contributed by atoms with Crippen LogP contribution in [0.25, 0.3) is 22.0 Å². The number of benzene rings is 1. The molecule has 3 heterocycles. The lowest BCUT2D eigenvalue weighted by molar-refractivity contribution is 0.0513. The fourth-order valence-electron chi connectivity index (χ4n) is 5.61. The Hall–Kier alpha value is -2.68. The minimum atomic E-state index is -1.93. The highest BCUT2D eigenvalue weighted by Gasteiger charge is 2.43. The fourth-order valence-corrected chi connectivity index (χ4v) is 8.02. The Bertz CT molecular complexity index is 1400. The number of allylic oxidation sites excluding steroid dienone is 1. The SMILES string of the molecule is CCOC(=O)c1c(CCCO[Si](C)(C)C(C)(C)C(C)C)c2cccc3c2n1C/C=C\COCc1nn(C)c(C)c1-3. The summed E-state index contributed by atoms with van der Waals surface area (Å²) in [6.45, 7) is 20.3. The van der Waals surface area contributed by atoms with E-state index in [-0.39, 0.29) is 11.0 Å². The van der Waals surface area contributed by atoms with E-state index in [9.17, 15) is 4.79 Å². The van der Waals surface area contributed by atoms with E-state index in [1.807, 2.05) is 24.7 Å². The third-order valence-corrected chi connectivity index (χ3v) is 13.9. The van der Waals surface area contributed by atoms with Crippen molar-refractivity contribution >= 4 is 25.2 Å². The number of ether oxygens (including phenoxy) is 2. The van der Waals surface area contributed by atoms with Crippen LogP contribution in [0.5, 0.6) is 0 Å². The van der Waals surface area contributed by atoms with E-state index < -0.39 is 8.32 Å². The maximum atomic E-state index is 13.6. The Morgan fingerprint density at radius 1 is 1.23 bits per heavy atom. The highest BCUT2D eigenvalue weighted by atomic mass is 28.4. The molecule has 3 aromatic rings. The summed E-state index contributed by atoms with van der Waals surface area (Å²) in [6.07, 6.45) is 5.66. The number of esters is 1. The summed E-state index contributed by atoms with van der Waals surface area (Å²) in [5.74, 6) is 0.269. The number of carbonyl (C=O) groups is 1. The molecule has 2 aromatic heterocycles. The van der Waals surface area contributed by atoms with Gasteiger partial charge >= 0.3 is 5.97 Å². The predicted octanol–water partition coefficient (Wildman–Crippen LogP) is 7.20. The summed E-state index contributed by atoms with van der Waals surface area (Å²) in [5.41, 5.74) is 6.82. The Labute approximate surface area is 240 Å². The van der Waals surface area contributed by atoms with Gasteiger partial charge in [0.15, 0.2) is 8.32 Å². The summed E-state index contributed by atoms with van der Waals surface area (Å²) in [5, 5.41) is 6.03. The summed E-state index contributed by atoms with van der Waals surface area (Å²) >= 11 is 0. The molecular formula is C32H47N3O4Si. The summed E-state index contributed by atoms with van der Waals surface area (Å²) in [4.78, 5) is 13.6. The van der Waals surface area contributed by atoms with Gasteiger partial charge in [0.2, 0.25) is 0 Å². The number of aryl methyl sites for hydroxylation is 2. The average molecular weight is 566 g/mol. The van der Waals surface area contributed by atoms with Crippen molar-refractivity contribution in [3.8, 4) is 11.1 Å². The van der Waals surface area contributed by atoms with Crippen molar-refractivity contribution in [1.82, 2.24) is 14.3 Å². The van der Waals surface area contributed by atoms with E-state index in [1.165, 1.54) is 0 Å². The number of hydrogen-bond acceptors (Lipinski definition) is 5. The molecule has 0 amide bonds. The maximum Gasteiger partial charge on any atom is 0.355 e. The average Bonchev–Trinajstić information content (AvgIpc) is 3.35. The molecular weight excluding hydrogens is 518 g/mol. The second-order valence-electron chi connectivity index (χ2n) is 12.2. The van der Waals surface area contributed by atoms with Gasteiger partial charge in [-0.05, 0) is 56.3 Å². The lowest BCUT2D eigenvalue weighted by Crippen LogP contribution is -2.45. The molecule has 0 fully saturated rings. The van der Waals surface area contributed by atoms with E-state index in [2.05, 4.69) is 76.6 Å². The van der Waals surface area contributed by atoms with E-state index in [1.54, 1.807) is 0 Å². The van der Waals surface area contributed by atoms with Crippen LogP contribution in [0.4, 0.5) is 0 Å². The number of para-hydroxylation sites is 1. The highest BCUT2D eigenvalue weighted by Crippen LogP contribution is 2.45. The van der Waals surface area contributed by atoms with Crippen molar-refractivity contribution in [2.24, 2.45) is 13.0 Å². The Balaban J connectivity index is 1.82. The predicted molar refractivity (Wildman–Crippen MR) is 164 cm³/mol. The molecule has 7 nitrogen and oxygen atoms in total. The maximum absolute atomic E-state index is 13.6. The first-order chi connectivity index (χ1) is 18.9. The molecule has 0 aliphatic carbocycles. The Morgan fingerprint density at radius 2 is 1.98 bits per heavy atom. The number of aromatic nitrogens is 3. The van der Waals surface area contributed by atoms with Gasteiger partial charge in [0, 0.05) is 42.4 Å². The minimum absolute atomic E-state index is 0.161. The molecule has 0 radical (unpaired) electrons. The lowest BCUT2D eigenvalue weighted by Gasteiger charge is -2.42. The van der Waals surface area contributed by atoms with Gasteiger partial charge in [-0.2, -0.15) is 5.10 Å². The quantitative estimate of drug-likeness (QED) is 0.119. The standard InChI is InChI=1S/C32H47N3O4Si/c1-10-38-31(36)30-25(17-14-20-39-40(8,9)32(5,6)22(2)3)24-15-13-16-26-28-23(4)34(7)33-27(28)21-37-19-12-11-18-35(30)29(24)26/h11-13,15-16,22H,10,14,17-21H2,1-9H3/b12-11-. The van der Waals surface area contributed by atoms with E-state index >= 15 is 0 Å². The molecule has 0 saturated carbocycles. The first kappa shape index (κ1) is 30.3. The van der Waals surface area contributed by atoms with Gasteiger partial charge in [0.1, 0.15) is 5.69 Å². The van der Waals surface area contributed by atoms with Crippen LogP contribution in [0, 0.1) is 12.8 Å². The topological polar surface area (TPSA) is 67.5 Å². The smallest absolute Gasteiger partial charge is 0.355 e. The third-order valence-electron chi connectivity index (χ3n) is 9.27. The lowest BCUT2D eigenvalue weighted by atomic mass is 9.98. The van der Waals surface area contributed by atoms with E-state index in [0.29, 0.717) is 44.6 Å². The monoisotopic (exact) mass is 565 g/mol. The molecule has 218 valence electrons. The van der Waals surface area contributed by atoms with Gasteiger partial charge in [0.05, 0.1) is 31.0 Å². The Kier molecular flexibility index (Phi) is 9.12. The fraction of sp³-hybridized carbons (Fsp3) is 0.562. The summed E-state index contributed by atoms with van der Waals surface area (Å²) in [6, 6.07) is 6.36. The molecule has 0 atom stereocenters. The molecule has 0 unspecified atom stereocenters. The van der Waals surface area contributed by atoms with Crippen LogP contribution >= 0.6 is 0 Å². The molecule has 4 rings (SSSR count). The molecule has 0 N–H and O–H groups in total. The van der Waals surface area contributed by atoms with Crippen molar-refractivity contribution < 1.29 is 18.7 Å². The molecule has 0 saturated heterocycles. The van der Waals surface area contributed by atoms with E-state index in [4.69, 9.17) is 19.0 Å². The molecule has 1 aliphatic rings. The molecule has 1 aliphatic heterocycles. The first-order valence-electron chi connectivity index (χ1n) is 14.6. The second kappa shape index (κ2) is 12.0. The first-order valence-corrected chi connectivity index (χ1v) is 17.5. The van der Waals surface area contributed by atoms with Gasteiger partial charge in [-0.1, -0.05) is 58.0 Å². The van der Waals surface area contributed by atoms with Crippen LogP contribution in [-0.4, -0.2) is 48.5 Å². The number of carbonyl (C=O) groups excluding carboxylic acids is 1. The highest BCUT2D eigenvalue weighted by molar-refractivity contribution is 6.74. The largest absolute Gasteiger partial charge is 0.461 e. The molecule has 0 spiro atoms. The number of fused-ring (bicyclic) bond motifs is 2. The number of rotatable bonds is 9. The van der Waals surface area contributed by atoms with E-state index in [0.717, 1.165) is 51.8 Å². The van der Waals surface area contributed by atoms with Crippen LogP contribution in [-0.2, 0) is 40.5 Å². The van der Waals surface area contributed by atoms with Gasteiger partial charge in [-0.25, -0.2) is 4.79 Å². The van der Waals surface area contributed by atoms with Crippen LogP contribution in [0.2, 0.25) is 18.1 Å². The minimum Gasteiger partial charge on any atom is -0.461 e. The normalized spacial score (nSPS) is 15.2. The summed E-state index contributed by atoms with van der Waals surface area (Å²) < 4.78 is 22.3. The number of nitrogens with zero attached hydrogens (tertiary/aromatic N) is 3. The molecule has 0 bridgehead atoms. The molecule has 8 heteroatoms. The van der Waals surface area contributed by atoms with Crippen molar-refractivity contribution in [3.63, 3.8) is 0 Å². The molecule has 40 heavy (non-hydrogen) atoms. The van der Waals surface area contributed by atoms with Gasteiger partial charge in [-0.15, -0.1) is 0 Å². The molecule has 1 aromatic carbocycles. The zero-order valence-corrected chi connectivity index (χ0v) is 26.9. The van der Waals surface area contributed by atoms with Gasteiger partial charge < -0.3 is 18.5 Å². The van der Waals surface area contributed by atoms with Crippen molar-refractivity contribution in [3.05, 3.63) is 53.0 Å². The van der Waals surface area contributed by atoms with Crippen molar-refractivity contribution in [2.75, 3.05) is 19.8 Å². The Morgan fingerprint density at radius 3 is 2.67 bits per heavy atom. The zero-order chi connectivity index (χ0) is 29.2. The van der Waals surface area contributed by atoms with Crippen LogP contribution in [0.3, 0.4) is 0 Å².